The maximum Gasteiger partial charge on any atom is 0.303 e. The molecule has 110 valence electrons. The van der Waals surface area contributed by atoms with Crippen LogP contribution in [0.1, 0.15) is 13.8 Å². The SMILES string of the molecule is COC1COC(COC(C)=O)C(OC(C)=O)C1OC. The van der Waals surface area contributed by atoms with Crippen LogP contribution in [0.25, 0.3) is 0 Å². The van der Waals surface area contributed by atoms with Gasteiger partial charge in [-0.3, -0.25) is 9.59 Å². The Bertz CT molecular complexity index is 317. The molecule has 4 atom stereocenters. The maximum atomic E-state index is 11.2. The quantitative estimate of drug-likeness (QED) is 0.649. The van der Waals surface area contributed by atoms with E-state index in [-0.39, 0.29) is 19.3 Å². The summed E-state index contributed by atoms with van der Waals surface area (Å²) < 4.78 is 26.2. The van der Waals surface area contributed by atoms with Gasteiger partial charge in [-0.1, -0.05) is 0 Å². The molecule has 0 aromatic carbocycles. The van der Waals surface area contributed by atoms with Gasteiger partial charge < -0.3 is 23.7 Å². The Morgan fingerprint density at radius 3 is 2.26 bits per heavy atom. The van der Waals surface area contributed by atoms with E-state index < -0.39 is 30.3 Å². The van der Waals surface area contributed by atoms with Crippen LogP contribution in [0.4, 0.5) is 0 Å². The average molecular weight is 276 g/mol. The molecule has 0 saturated carbocycles. The Labute approximate surface area is 112 Å². The highest BCUT2D eigenvalue weighted by atomic mass is 16.6. The summed E-state index contributed by atoms with van der Waals surface area (Å²) in [5, 5.41) is 0. The van der Waals surface area contributed by atoms with Gasteiger partial charge in [-0.2, -0.15) is 0 Å². The van der Waals surface area contributed by atoms with Crippen molar-refractivity contribution >= 4 is 11.9 Å². The van der Waals surface area contributed by atoms with E-state index in [0.717, 1.165) is 0 Å². The number of carbonyl (C=O) groups excluding carboxylic acids is 2. The fourth-order valence-corrected chi connectivity index (χ4v) is 2.00. The third-order valence-corrected chi connectivity index (χ3v) is 2.86. The van der Waals surface area contributed by atoms with Gasteiger partial charge >= 0.3 is 11.9 Å². The number of hydrogen-bond donors (Lipinski definition) is 0. The van der Waals surface area contributed by atoms with Crippen LogP contribution in [-0.2, 0) is 33.3 Å². The summed E-state index contributed by atoms with van der Waals surface area (Å²) in [7, 11) is 3.03. The number of ether oxygens (including phenoxy) is 5. The topological polar surface area (TPSA) is 80.3 Å². The molecule has 19 heavy (non-hydrogen) atoms. The molecule has 7 heteroatoms. The summed E-state index contributed by atoms with van der Waals surface area (Å²) in [4.78, 5) is 22.0. The second kappa shape index (κ2) is 7.42. The molecule has 0 N–H and O–H groups in total. The molecule has 4 unspecified atom stereocenters. The van der Waals surface area contributed by atoms with Crippen LogP contribution in [0.2, 0.25) is 0 Å². The summed E-state index contributed by atoms with van der Waals surface area (Å²) in [6, 6.07) is 0. The molecule has 7 nitrogen and oxygen atoms in total. The van der Waals surface area contributed by atoms with E-state index in [1.807, 2.05) is 0 Å². The first-order chi connectivity index (χ1) is 8.99. The van der Waals surface area contributed by atoms with Crippen LogP contribution in [-0.4, -0.2) is 63.8 Å². The molecule has 0 amide bonds. The average Bonchev–Trinajstić information content (AvgIpc) is 2.35. The Morgan fingerprint density at radius 2 is 1.79 bits per heavy atom. The van der Waals surface area contributed by atoms with Gasteiger partial charge in [0.15, 0.2) is 6.10 Å². The molecule has 0 aromatic heterocycles. The first kappa shape index (κ1) is 15.9. The Balaban J connectivity index is 2.77. The Morgan fingerprint density at radius 1 is 1.11 bits per heavy atom. The second-order valence-electron chi connectivity index (χ2n) is 4.22. The lowest BCUT2D eigenvalue weighted by molar-refractivity contribution is -0.225. The highest BCUT2D eigenvalue weighted by Crippen LogP contribution is 2.23. The van der Waals surface area contributed by atoms with Crippen molar-refractivity contribution < 1.29 is 33.3 Å². The number of hydrogen-bond acceptors (Lipinski definition) is 7. The van der Waals surface area contributed by atoms with E-state index in [4.69, 9.17) is 23.7 Å². The van der Waals surface area contributed by atoms with Gasteiger partial charge in [0.25, 0.3) is 0 Å². The van der Waals surface area contributed by atoms with Crippen LogP contribution >= 0.6 is 0 Å². The molecule has 1 fully saturated rings. The lowest BCUT2D eigenvalue weighted by Crippen LogP contribution is -2.57. The summed E-state index contributed by atoms with van der Waals surface area (Å²) in [6.45, 7) is 2.88. The number of esters is 2. The number of carbonyl (C=O) groups is 2. The van der Waals surface area contributed by atoms with Crippen molar-refractivity contribution in [1.29, 1.82) is 0 Å². The highest BCUT2D eigenvalue weighted by Gasteiger charge is 2.43. The second-order valence-corrected chi connectivity index (χ2v) is 4.22. The molecule has 1 aliphatic heterocycles. The van der Waals surface area contributed by atoms with Crippen molar-refractivity contribution in [2.45, 2.75) is 38.3 Å². The molecule has 0 aliphatic carbocycles. The largest absolute Gasteiger partial charge is 0.463 e. The Hall–Kier alpha value is -1.18. The van der Waals surface area contributed by atoms with E-state index in [0.29, 0.717) is 0 Å². The van der Waals surface area contributed by atoms with Gasteiger partial charge in [0.05, 0.1) is 6.61 Å². The minimum atomic E-state index is -0.680. The van der Waals surface area contributed by atoms with Crippen molar-refractivity contribution in [2.75, 3.05) is 27.4 Å². The van der Waals surface area contributed by atoms with Crippen molar-refractivity contribution in [3.63, 3.8) is 0 Å². The lowest BCUT2D eigenvalue weighted by atomic mass is 10.00. The van der Waals surface area contributed by atoms with Crippen molar-refractivity contribution in [3.05, 3.63) is 0 Å². The third kappa shape index (κ3) is 4.45. The molecule has 1 heterocycles. The van der Waals surface area contributed by atoms with E-state index in [2.05, 4.69) is 0 Å². The standard InChI is InChI=1S/C12H20O7/c1-7(13)17-6-10-12(19-8(2)14)11(16-4)9(15-3)5-18-10/h9-12H,5-6H2,1-4H3. The van der Waals surface area contributed by atoms with E-state index >= 15 is 0 Å². The Kier molecular flexibility index (Phi) is 6.20. The van der Waals surface area contributed by atoms with Gasteiger partial charge in [-0.15, -0.1) is 0 Å². The molecular formula is C12H20O7. The van der Waals surface area contributed by atoms with E-state index in [9.17, 15) is 9.59 Å². The minimum Gasteiger partial charge on any atom is -0.463 e. The summed E-state index contributed by atoms with van der Waals surface area (Å²) in [5.74, 6) is -0.881. The van der Waals surface area contributed by atoms with Crippen molar-refractivity contribution in [3.8, 4) is 0 Å². The van der Waals surface area contributed by atoms with Gasteiger partial charge in [0.1, 0.15) is 24.9 Å². The van der Waals surface area contributed by atoms with Gasteiger partial charge in [-0.25, -0.2) is 0 Å². The lowest BCUT2D eigenvalue weighted by Gasteiger charge is -2.40. The van der Waals surface area contributed by atoms with E-state index in [1.54, 1.807) is 0 Å². The molecule has 0 aromatic rings. The van der Waals surface area contributed by atoms with Gasteiger partial charge in [-0.05, 0) is 0 Å². The van der Waals surface area contributed by atoms with Crippen LogP contribution < -0.4 is 0 Å². The van der Waals surface area contributed by atoms with Crippen molar-refractivity contribution in [1.82, 2.24) is 0 Å². The third-order valence-electron chi connectivity index (χ3n) is 2.86. The summed E-state index contributed by atoms with van der Waals surface area (Å²) >= 11 is 0. The zero-order valence-corrected chi connectivity index (χ0v) is 11.6. The number of rotatable bonds is 5. The van der Waals surface area contributed by atoms with Crippen LogP contribution in [0.3, 0.4) is 0 Å². The molecule has 0 radical (unpaired) electrons. The highest BCUT2D eigenvalue weighted by molar-refractivity contribution is 5.66. The molecule has 1 aliphatic rings. The zero-order valence-electron chi connectivity index (χ0n) is 11.6. The predicted molar refractivity (Wildman–Crippen MR) is 63.5 cm³/mol. The minimum absolute atomic E-state index is 0.00355. The van der Waals surface area contributed by atoms with Crippen molar-refractivity contribution in [2.24, 2.45) is 0 Å². The van der Waals surface area contributed by atoms with Crippen LogP contribution in [0, 0.1) is 0 Å². The molecule has 1 rings (SSSR count). The van der Waals surface area contributed by atoms with E-state index in [1.165, 1.54) is 28.1 Å². The first-order valence-electron chi connectivity index (χ1n) is 5.97. The molecule has 0 spiro atoms. The van der Waals surface area contributed by atoms with Crippen LogP contribution in [0.5, 0.6) is 0 Å². The smallest absolute Gasteiger partial charge is 0.303 e. The van der Waals surface area contributed by atoms with Gasteiger partial charge in [0, 0.05) is 28.1 Å². The zero-order chi connectivity index (χ0) is 14.4. The molecule has 1 saturated heterocycles. The fraction of sp³-hybridized carbons (Fsp3) is 0.833. The van der Waals surface area contributed by atoms with Crippen LogP contribution in [0.15, 0.2) is 0 Å². The number of methoxy groups -OCH3 is 2. The molecular weight excluding hydrogens is 256 g/mol. The van der Waals surface area contributed by atoms with Gasteiger partial charge in [0.2, 0.25) is 0 Å². The maximum absolute atomic E-state index is 11.2. The molecule has 0 bridgehead atoms. The predicted octanol–water partition coefficient (Wildman–Crippen LogP) is -0.0900. The first-order valence-corrected chi connectivity index (χ1v) is 5.97. The normalized spacial score (nSPS) is 30.7. The summed E-state index contributed by atoms with van der Waals surface area (Å²) in [5.41, 5.74) is 0. The fourth-order valence-electron chi connectivity index (χ4n) is 2.00. The summed E-state index contributed by atoms with van der Waals surface area (Å²) in [6.07, 6.45) is -2.06. The monoisotopic (exact) mass is 276 g/mol.